The molecule has 2 fully saturated rings. The van der Waals surface area contributed by atoms with E-state index in [2.05, 4.69) is 5.32 Å². The summed E-state index contributed by atoms with van der Waals surface area (Å²) in [6.07, 6.45) is 0.841. The Labute approximate surface area is 82.4 Å². The summed E-state index contributed by atoms with van der Waals surface area (Å²) in [7, 11) is 0. The summed E-state index contributed by atoms with van der Waals surface area (Å²) in [4.78, 5) is 10.6. The molecule has 2 aliphatic rings. The predicted molar refractivity (Wildman–Crippen MR) is 47.8 cm³/mol. The molecule has 0 amide bonds. The summed E-state index contributed by atoms with van der Waals surface area (Å²) in [5.74, 6) is -0.371. The number of carbonyl (C=O) groups is 1. The number of carboxylic acids is 1. The van der Waals surface area contributed by atoms with E-state index in [0.29, 0.717) is 5.92 Å². The van der Waals surface area contributed by atoms with Gasteiger partial charge >= 0.3 is 5.97 Å². The molecule has 2 saturated heterocycles. The second-order valence-electron chi connectivity index (χ2n) is 3.82. The molecule has 3 unspecified atom stereocenters. The summed E-state index contributed by atoms with van der Waals surface area (Å²) in [6, 6.07) is 0. The van der Waals surface area contributed by atoms with E-state index in [1.54, 1.807) is 0 Å². The molecule has 0 saturated carbocycles. The fourth-order valence-corrected chi connectivity index (χ4v) is 1.90. The maximum absolute atomic E-state index is 10.6. The number of ether oxygens (including phenoxy) is 2. The van der Waals surface area contributed by atoms with Crippen LogP contribution in [0.2, 0.25) is 0 Å². The number of carboxylic acid groups (broad SMARTS) is 1. The predicted octanol–water partition coefficient (Wildman–Crippen LogP) is -0.188. The Hall–Kier alpha value is -0.650. The van der Waals surface area contributed by atoms with Gasteiger partial charge in [0.25, 0.3) is 0 Å². The summed E-state index contributed by atoms with van der Waals surface area (Å²) in [5.41, 5.74) is 0. The molecular weight excluding hydrogens is 186 g/mol. The van der Waals surface area contributed by atoms with E-state index < -0.39 is 12.1 Å². The van der Waals surface area contributed by atoms with Gasteiger partial charge in [0.15, 0.2) is 12.4 Å². The van der Waals surface area contributed by atoms with Gasteiger partial charge in [-0.1, -0.05) is 0 Å². The van der Waals surface area contributed by atoms with Crippen LogP contribution in [0.3, 0.4) is 0 Å². The van der Waals surface area contributed by atoms with E-state index in [9.17, 15) is 4.79 Å². The van der Waals surface area contributed by atoms with Gasteiger partial charge in [-0.05, 0) is 25.4 Å². The van der Waals surface area contributed by atoms with Crippen molar-refractivity contribution in [3.8, 4) is 0 Å². The Balaban J connectivity index is 1.75. The lowest BCUT2D eigenvalue weighted by atomic mass is 10.1. The van der Waals surface area contributed by atoms with Gasteiger partial charge in [-0.3, -0.25) is 0 Å². The monoisotopic (exact) mass is 201 g/mol. The largest absolute Gasteiger partial charge is 0.479 e. The molecule has 5 nitrogen and oxygen atoms in total. The third-order valence-corrected chi connectivity index (χ3v) is 2.71. The molecule has 2 N–H and O–H groups in total. The Morgan fingerprint density at radius 3 is 3.00 bits per heavy atom. The second kappa shape index (κ2) is 4.25. The van der Waals surface area contributed by atoms with Crippen molar-refractivity contribution in [2.45, 2.75) is 25.2 Å². The van der Waals surface area contributed by atoms with E-state index in [4.69, 9.17) is 14.6 Å². The van der Waals surface area contributed by atoms with Gasteiger partial charge in [0.05, 0.1) is 6.61 Å². The van der Waals surface area contributed by atoms with Crippen LogP contribution >= 0.6 is 0 Å². The van der Waals surface area contributed by atoms with Crippen molar-refractivity contribution in [3.05, 3.63) is 0 Å². The first kappa shape index (κ1) is 9.89. The van der Waals surface area contributed by atoms with Gasteiger partial charge in [0, 0.05) is 6.42 Å². The Bertz CT molecular complexity index is 215. The summed E-state index contributed by atoms with van der Waals surface area (Å²) in [6.45, 7) is 2.21. The first-order chi connectivity index (χ1) is 6.75. The number of hydrogen-bond acceptors (Lipinski definition) is 4. The van der Waals surface area contributed by atoms with Gasteiger partial charge in [-0.25, -0.2) is 4.79 Å². The highest BCUT2D eigenvalue weighted by atomic mass is 16.7. The molecule has 0 aromatic rings. The van der Waals surface area contributed by atoms with Crippen molar-refractivity contribution in [3.63, 3.8) is 0 Å². The van der Waals surface area contributed by atoms with Crippen molar-refractivity contribution in [2.24, 2.45) is 5.92 Å². The number of aliphatic carboxylic acids is 1. The highest BCUT2D eigenvalue weighted by molar-refractivity contribution is 5.72. The van der Waals surface area contributed by atoms with Gasteiger partial charge in [0.2, 0.25) is 0 Å². The van der Waals surface area contributed by atoms with Crippen LogP contribution in [0.1, 0.15) is 12.8 Å². The van der Waals surface area contributed by atoms with Crippen LogP contribution in [0.5, 0.6) is 0 Å². The normalized spacial score (nSPS) is 37.6. The third-order valence-electron chi connectivity index (χ3n) is 2.71. The van der Waals surface area contributed by atoms with Crippen molar-refractivity contribution < 1.29 is 19.4 Å². The number of nitrogens with one attached hydrogen (secondary N) is 1. The molecule has 5 heteroatoms. The maximum atomic E-state index is 10.6. The van der Waals surface area contributed by atoms with E-state index in [0.717, 1.165) is 25.9 Å². The van der Waals surface area contributed by atoms with Crippen LogP contribution in [0, 0.1) is 5.92 Å². The van der Waals surface area contributed by atoms with Crippen LogP contribution in [0.25, 0.3) is 0 Å². The second-order valence-corrected chi connectivity index (χ2v) is 3.82. The molecule has 2 heterocycles. The lowest BCUT2D eigenvalue weighted by Crippen LogP contribution is -2.23. The van der Waals surface area contributed by atoms with Gasteiger partial charge in [0.1, 0.15) is 0 Å². The molecule has 3 atom stereocenters. The highest BCUT2D eigenvalue weighted by Gasteiger charge is 2.33. The maximum Gasteiger partial charge on any atom is 0.335 e. The molecular formula is C9H15NO4. The van der Waals surface area contributed by atoms with E-state index in [1.807, 2.05) is 0 Å². The minimum Gasteiger partial charge on any atom is -0.479 e. The molecule has 0 aromatic heterocycles. The number of hydrogen-bond donors (Lipinski definition) is 2. The topological polar surface area (TPSA) is 67.8 Å². The molecule has 2 rings (SSSR count). The average molecular weight is 201 g/mol. The van der Waals surface area contributed by atoms with E-state index in [1.165, 1.54) is 0 Å². The van der Waals surface area contributed by atoms with Crippen LogP contribution < -0.4 is 5.32 Å². The summed E-state index contributed by atoms with van der Waals surface area (Å²) < 4.78 is 10.5. The quantitative estimate of drug-likeness (QED) is 0.662. The van der Waals surface area contributed by atoms with Crippen LogP contribution in [0.4, 0.5) is 0 Å². The standard InChI is InChI=1S/C9H15NO4/c11-9(12)7-5-13-8(14-7)3-6-1-2-10-4-6/h6-8,10H,1-5H2,(H,11,12). The van der Waals surface area contributed by atoms with Crippen LogP contribution in [-0.4, -0.2) is 43.2 Å². The average Bonchev–Trinajstić information content (AvgIpc) is 2.75. The molecule has 0 aromatic carbocycles. The molecule has 0 aliphatic carbocycles. The lowest BCUT2D eigenvalue weighted by Gasteiger charge is -2.13. The molecule has 0 bridgehead atoms. The van der Waals surface area contributed by atoms with Gasteiger partial charge in [-0.15, -0.1) is 0 Å². The molecule has 0 spiro atoms. The van der Waals surface area contributed by atoms with E-state index in [-0.39, 0.29) is 12.9 Å². The first-order valence-corrected chi connectivity index (χ1v) is 4.96. The minimum atomic E-state index is -0.933. The smallest absolute Gasteiger partial charge is 0.335 e. The first-order valence-electron chi connectivity index (χ1n) is 4.96. The fourth-order valence-electron chi connectivity index (χ4n) is 1.90. The summed E-state index contributed by atoms with van der Waals surface area (Å²) >= 11 is 0. The zero-order chi connectivity index (χ0) is 9.97. The van der Waals surface area contributed by atoms with Crippen LogP contribution in [0.15, 0.2) is 0 Å². The van der Waals surface area contributed by atoms with Gasteiger partial charge < -0.3 is 19.9 Å². The SMILES string of the molecule is O=C(O)C1COC(CC2CCNC2)O1. The molecule has 14 heavy (non-hydrogen) atoms. The van der Waals surface area contributed by atoms with Crippen LogP contribution in [-0.2, 0) is 14.3 Å². The number of rotatable bonds is 3. The highest BCUT2D eigenvalue weighted by Crippen LogP contribution is 2.22. The molecule has 0 radical (unpaired) electrons. The fraction of sp³-hybridized carbons (Fsp3) is 0.889. The van der Waals surface area contributed by atoms with E-state index >= 15 is 0 Å². The Morgan fingerprint density at radius 2 is 2.43 bits per heavy atom. The van der Waals surface area contributed by atoms with Crippen molar-refractivity contribution in [2.75, 3.05) is 19.7 Å². The van der Waals surface area contributed by atoms with Crippen molar-refractivity contribution in [1.82, 2.24) is 5.32 Å². The zero-order valence-corrected chi connectivity index (χ0v) is 7.94. The van der Waals surface area contributed by atoms with Crippen molar-refractivity contribution in [1.29, 1.82) is 0 Å². The molecule has 2 aliphatic heterocycles. The Kier molecular flexibility index (Phi) is 3.00. The zero-order valence-electron chi connectivity index (χ0n) is 7.94. The summed E-state index contributed by atoms with van der Waals surface area (Å²) in [5, 5.41) is 11.9. The van der Waals surface area contributed by atoms with Crippen molar-refractivity contribution >= 4 is 5.97 Å². The molecule has 80 valence electrons. The Morgan fingerprint density at radius 1 is 1.57 bits per heavy atom. The lowest BCUT2D eigenvalue weighted by molar-refractivity contribution is -0.151. The minimum absolute atomic E-state index is 0.181. The van der Waals surface area contributed by atoms with Gasteiger partial charge in [-0.2, -0.15) is 0 Å². The third kappa shape index (κ3) is 2.23.